The van der Waals surface area contributed by atoms with Crippen molar-refractivity contribution in [1.82, 2.24) is 4.90 Å². The minimum atomic E-state index is -0.253. The van der Waals surface area contributed by atoms with Gasteiger partial charge in [0.15, 0.2) is 5.88 Å². The molecule has 112 valence electrons. The van der Waals surface area contributed by atoms with Crippen LogP contribution in [0.4, 0.5) is 10.7 Å². The van der Waals surface area contributed by atoms with E-state index >= 15 is 0 Å². The van der Waals surface area contributed by atoms with Crippen molar-refractivity contribution in [2.45, 2.75) is 6.92 Å². The van der Waals surface area contributed by atoms with Gasteiger partial charge in [-0.05, 0) is 24.8 Å². The summed E-state index contributed by atoms with van der Waals surface area (Å²) >= 11 is 0.951. The lowest BCUT2D eigenvalue weighted by molar-refractivity contribution is -0.122. The molecule has 0 saturated carbocycles. The molecule has 1 aromatic heterocycles. The second-order valence-electron chi connectivity index (χ2n) is 4.70. The van der Waals surface area contributed by atoms with Crippen LogP contribution in [0.5, 0.6) is 0 Å². The Hall–Kier alpha value is -1.73. The molecule has 2 amide bonds. The maximum absolute atomic E-state index is 12.0. The summed E-state index contributed by atoms with van der Waals surface area (Å²) in [6, 6.07) is 3.69. The number of anilines is 1. The highest BCUT2D eigenvalue weighted by Crippen LogP contribution is 2.32. The number of imide groups is 1. The summed E-state index contributed by atoms with van der Waals surface area (Å²) in [5, 5.41) is -0.228. The molecule has 7 heteroatoms. The van der Waals surface area contributed by atoms with Crippen molar-refractivity contribution in [3.05, 3.63) is 22.8 Å². The van der Waals surface area contributed by atoms with Crippen LogP contribution in [0.3, 0.4) is 0 Å². The Kier molecular flexibility index (Phi) is 4.03. The molecule has 0 aromatic carbocycles. The number of amides is 2. The molecule has 0 radical (unpaired) electrons. The van der Waals surface area contributed by atoms with Gasteiger partial charge in [-0.2, -0.15) is 0 Å². The van der Waals surface area contributed by atoms with Gasteiger partial charge in [0.1, 0.15) is 5.76 Å². The third-order valence-electron chi connectivity index (χ3n) is 3.40. The number of nitrogens with zero attached hydrogens (tertiary/aromatic N) is 2. The van der Waals surface area contributed by atoms with Crippen LogP contribution in [-0.2, 0) is 9.53 Å². The number of thioether (sulfide) groups is 1. The molecule has 21 heavy (non-hydrogen) atoms. The number of carbonyl (C=O) groups excluding carboxylic acids is 2. The summed E-state index contributed by atoms with van der Waals surface area (Å²) in [4.78, 5) is 27.4. The Balaban J connectivity index is 1.76. The third kappa shape index (κ3) is 2.84. The highest BCUT2D eigenvalue weighted by molar-refractivity contribution is 8.18. The Morgan fingerprint density at radius 2 is 2.05 bits per heavy atom. The Morgan fingerprint density at radius 1 is 1.29 bits per heavy atom. The van der Waals surface area contributed by atoms with Crippen LogP contribution >= 0.6 is 11.8 Å². The number of ether oxygens (including phenoxy) is 1. The normalized spacial score (nSPS) is 21.7. The number of hydrogen-bond acceptors (Lipinski definition) is 6. The van der Waals surface area contributed by atoms with Gasteiger partial charge >= 0.3 is 0 Å². The Bertz CT molecular complexity index is 590. The smallest absolute Gasteiger partial charge is 0.293 e. The maximum atomic E-state index is 12.0. The van der Waals surface area contributed by atoms with Crippen LogP contribution in [0, 0.1) is 0 Å². The molecule has 0 N–H and O–H groups in total. The number of carbonyl (C=O) groups is 2. The van der Waals surface area contributed by atoms with E-state index in [1.54, 1.807) is 13.0 Å². The van der Waals surface area contributed by atoms with E-state index in [1.807, 2.05) is 12.1 Å². The molecule has 6 nitrogen and oxygen atoms in total. The lowest BCUT2D eigenvalue weighted by Crippen LogP contribution is -2.35. The van der Waals surface area contributed by atoms with Gasteiger partial charge in [0, 0.05) is 31.8 Å². The van der Waals surface area contributed by atoms with Crippen molar-refractivity contribution in [2.24, 2.45) is 0 Å². The predicted molar refractivity (Wildman–Crippen MR) is 80.1 cm³/mol. The molecule has 2 aliphatic heterocycles. The summed E-state index contributed by atoms with van der Waals surface area (Å²) < 4.78 is 11.0. The fraction of sp³-hybridized carbons (Fsp3) is 0.429. The number of rotatable bonds is 3. The van der Waals surface area contributed by atoms with Gasteiger partial charge in [0.05, 0.1) is 18.1 Å². The van der Waals surface area contributed by atoms with Crippen LogP contribution in [0.2, 0.25) is 0 Å². The van der Waals surface area contributed by atoms with Gasteiger partial charge in [-0.25, -0.2) is 0 Å². The van der Waals surface area contributed by atoms with Crippen molar-refractivity contribution in [3.63, 3.8) is 0 Å². The molecule has 0 bridgehead atoms. The predicted octanol–water partition coefficient (Wildman–Crippen LogP) is 2.17. The molecule has 2 fully saturated rings. The van der Waals surface area contributed by atoms with Crippen molar-refractivity contribution in [2.75, 3.05) is 37.7 Å². The third-order valence-corrected chi connectivity index (χ3v) is 4.31. The van der Waals surface area contributed by atoms with E-state index in [0.29, 0.717) is 30.4 Å². The monoisotopic (exact) mass is 308 g/mol. The minimum Gasteiger partial charge on any atom is -0.441 e. The fourth-order valence-electron chi connectivity index (χ4n) is 2.28. The van der Waals surface area contributed by atoms with E-state index < -0.39 is 0 Å². The van der Waals surface area contributed by atoms with Crippen LogP contribution in [0.1, 0.15) is 12.7 Å². The summed E-state index contributed by atoms with van der Waals surface area (Å²) in [5.41, 5.74) is 0. The topological polar surface area (TPSA) is 63.0 Å². The zero-order valence-corrected chi connectivity index (χ0v) is 12.5. The first kappa shape index (κ1) is 14.2. The zero-order chi connectivity index (χ0) is 14.8. The van der Waals surface area contributed by atoms with Gasteiger partial charge in [-0.15, -0.1) is 0 Å². The molecule has 3 heterocycles. The van der Waals surface area contributed by atoms with Crippen LogP contribution in [-0.4, -0.2) is 48.9 Å². The van der Waals surface area contributed by atoms with Crippen molar-refractivity contribution in [1.29, 1.82) is 0 Å². The summed E-state index contributed by atoms with van der Waals surface area (Å²) in [6.45, 7) is 5.12. The van der Waals surface area contributed by atoms with E-state index in [0.717, 1.165) is 30.7 Å². The highest BCUT2D eigenvalue weighted by atomic mass is 32.2. The molecular formula is C14H16N2O4S. The molecule has 0 atom stereocenters. The van der Waals surface area contributed by atoms with E-state index in [2.05, 4.69) is 4.90 Å². The first-order valence-electron chi connectivity index (χ1n) is 6.87. The minimum absolute atomic E-state index is 0.228. The van der Waals surface area contributed by atoms with Gasteiger partial charge in [-0.1, -0.05) is 0 Å². The van der Waals surface area contributed by atoms with Crippen LogP contribution in [0.15, 0.2) is 21.5 Å². The van der Waals surface area contributed by atoms with E-state index in [-0.39, 0.29) is 11.1 Å². The molecule has 0 aliphatic carbocycles. The number of hydrogen-bond donors (Lipinski definition) is 0. The van der Waals surface area contributed by atoms with Gasteiger partial charge in [0.2, 0.25) is 0 Å². The lowest BCUT2D eigenvalue weighted by atomic mass is 10.3. The zero-order valence-electron chi connectivity index (χ0n) is 11.7. The average Bonchev–Trinajstić information content (AvgIpc) is 3.06. The van der Waals surface area contributed by atoms with Crippen LogP contribution < -0.4 is 4.90 Å². The average molecular weight is 308 g/mol. The Morgan fingerprint density at radius 3 is 2.71 bits per heavy atom. The van der Waals surface area contributed by atoms with E-state index in [1.165, 1.54) is 4.90 Å². The molecule has 2 aliphatic rings. The maximum Gasteiger partial charge on any atom is 0.293 e. The van der Waals surface area contributed by atoms with Crippen molar-refractivity contribution < 1.29 is 18.7 Å². The molecular weight excluding hydrogens is 292 g/mol. The Labute approximate surface area is 126 Å². The second kappa shape index (κ2) is 5.95. The number of likely N-dealkylation sites (N-methyl/N-ethyl adjacent to an activating group) is 1. The number of furan rings is 1. The fourth-order valence-corrected chi connectivity index (χ4v) is 3.16. The van der Waals surface area contributed by atoms with Crippen LogP contribution in [0.25, 0.3) is 6.08 Å². The lowest BCUT2D eigenvalue weighted by Gasteiger charge is -2.26. The first-order valence-corrected chi connectivity index (χ1v) is 7.68. The summed E-state index contributed by atoms with van der Waals surface area (Å²) in [5.74, 6) is 1.09. The molecule has 0 unspecified atom stereocenters. The van der Waals surface area contributed by atoms with E-state index in [4.69, 9.17) is 9.15 Å². The summed E-state index contributed by atoms with van der Waals surface area (Å²) in [6.07, 6.45) is 1.63. The molecule has 1 aromatic rings. The highest BCUT2D eigenvalue weighted by Gasteiger charge is 2.33. The van der Waals surface area contributed by atoms with Gasteiger partial charge < -0.3 is 14.1 Å². The van der Waals surface area contributed by atoms with Crippen molar-refractivity contribution in [3.8, 4) is 0 Å². The van der Waals surface area contributed by atoms with E-state index in [9.17, 15) is 9.59 Å². The first-order chi connectivity index (χ1) is 10.2. The van der Waals surface area contributed by atoms with Gasteiger partial charge in [0.25, 0.3) is 11.1 Å². The van der Waals surface area contributed by atoms with Gasteiger partial charge in [-0.3, -0.25) is 14.5 Å². The van der Waals surface area contributed by atoms with Crippen molar-refractivity contribution >= 4 is 34.9 Å². The number of morpholine rings is 1. The standard InChI is InChI=1S/C14H16N2O4S/c1-2-16-13(17)11(21-14(16)18)9-10-3-4-12(20-10)15-5-7-19-8-6-15/h3-4,9H,2,5-8H2,1H3. The second-order valence-corrected chi connectivity index (χ2v) is 5.69. The quantitative estimate of drug-likeness (QED) is 0.798. The molecule has 2 saturated heterocycles. The summed E-state index contributed by atoms with van der Waals surface area (Å²) in [7, 11) is 0. The molecule has 3 rings (SSSR count). The molecule has 0 spiro atoms. The SMILES string of the molecule is CCN1C(=O)SC(=Cc2ccc(N3CCOCC3)o2)C1=O. The largest absolute Gasteiger partial charge is 0.441 e.